The predicted octanol–water partition coefficient (Wildman–Crippen LogP) is 2.12. The molecule has 0 spiro atoms. The summed E-state index contributed by atoms with van der Waals surface area (Å²) in [7, 11) is 0. The summed E-state index contributed by atoms with van der Waals surface area (Å²) < 4.78 is 0. The molecule has 0 heterocycles. The second kappa shape index (κ2) is 5.19. The van der Waals surface area contributed by atoms with Crippen molar-refractivity contribution >= 4 is 11.7 Å². The van der Waals surface area contributed by atoms with Crippen molar-refractivity contribution < 1.29 is 15.0 Å². The Morgan fingerprint density at radius 2 is 2.06 bits per heavy atom. The van der Waals surface area contributed by atoms with E-state index in [9.17, 15) is 4.79 Å². The third kappa shape index (κ3) is 3.75. The standard InChI is InChI=1S/C13H19NO3/c1-9-4-5-11(10(6-9)12(16)17)14-7-13(2,3)8-15/h4-6,14-15H,7-8H2,1-3H3,(H,16,17). The molecule has 0 aliphatic rings. The van der Waals surface area contributed by atoms with Crippen LogP contribution in [-0.2, 0) is 0 Å². The molecule has 0 bridgehead atoms. The average Bonchev–Trinajstić information content (AvgIpc) is 2.27. The fraction of sp³-hybridized carbons (Fsp3) is 0.462. The van der Waals surface area contributed by atoms with Gasteiger partial charge in [0.1, 0.15) is 0 Å². The molecule has 1 rings (SSSR count). The smallest absolute Gasteiger partial charge is 0.337 e. The SMILES string of the molecule is Cc1ccc(NCC(C)(C)CO)c(C(=O)O)c1. The van der Waals surface area contributed by atoms with Gasteiger partial charge in [0.15, 0.2) is 0 Å². The van der Waals surface area contributed by atoms with Gasteiger partial charge >= 0.3 is 5.97 Å². The number of aryl methyl sites for hydroxylation is 1. The summed E-state index contributed by atoms with van der Waals surface area (Å²) in [6.45, 7) is 6.25. The summed E-state index contributed by atoms with van der Waals surface area (Å²) >= 11 is 0. The largest absolute Gasteiger partial charge is 0.478 e. The van der Waals surface area contributed by atoms with Crippen LogP contribution in [0.2, 0.25) is 0 Å². The molecule has 0 saturated carbocycles. The summed E-state index contributed by atoms with van der Waals surface area (Å²) in [4.78, 5) is 11.1. The number of nitrogens with one attached hydrogen (secondary N) is 1. The first kappa shape index (κ1) is 13.5. The molecule has 4 nitrogen and oxygen atoms in total. The highest BCUT2D eigenvalue weighted by Gasteiger charge is 2.17. The van der Waals surface area contributed by atoms with Crippen molar-refractivity contribution in [1.82, 2.24) is 0 Å². The zero-order valence-corrected chi connectivity index (χ0v) is 10.4. The van der Waals surface area contributed by atoms with Gasteiger partial charge < -0.3 is 15.5 Å². The van der Waals surface area contributed by atoms with Crippen LogP contribution in [0.4, 0.5) is 5.69 Å². The molecule has 1 aromatic carbocycles. The lowest BCUT2D eigenvalue weighted by molar-refractivity contribution is 0.0697. The van der Waals surface area contributed by atoms with Crippen molar-refractivity contribution in [3.63, 3.8) is 0 Å². The molecular formula is C13H19NO3. The highest BCUT2D eigenvalue weighted by atomic mass is 16.4. The van der Waals surface area contributed by atoms with Crippen molar-refractivity contribution in [2.45, 2.75) is 20.8 Å². The van der Waals surface area contributed by atoms with Gasteiger partial charge in [0.25, 0.3) is 0 Å². The number of hydrogen-bond donors (Lipinski definition) is 3. The molecule has 0 aromatic heterocycles. The van der Waals surface area contributed by atoms with Crippen LogP contribution in [0.15, 0.2) is 18.2 Å². The van der Waals surface area contributed by atoms with E-state index in [0.29, 0.717) is 12.2 Å². The maximum absolute atomic E-state index is 11.1. The van der Waals surface area contributed by atoms with E-state index in [-0.39, 0.29) is 17.6 Å². The highest BCUT2D eigenvalue weighted by Crippen LogP contribution is 2.20. The lowest BCUT2D eigenvalue weighted by Crippen LogP contribution is -2.27. The summed E-state index contributed by atoms with van der Waals surface area (Å²) in [6.07, 6.45) is 0. The first-order chi connectivity index (χ1) is 7.85. The van der Waals surface area contributed by atoms with Gasteiger partial charge in [-0.2, -0.15) is 0 Å². The Hall–Kier alpha value is -1.55. The van der Waals surface area contributed by atoms with Crippen LogP contribution in [-0.4, -0.2) is 29.3 Å². The summed E-state index contributed by atoms with van der Waals surface area (Å²) in [6, 6.07) is 5.25. The number of rotatable bonds is 5. The topological polar surface area (TPSA) is 69.6 Å². The molecule has 17 heavy (non-hydrogen) atoms. The van der Waals surface area contributed by atoms with Gasteiger partial charge in [-0.1, -0.05) is 25.5 Å². The number of hydrogen-bond acceptors (Lipinski definition) is 3. The molecule has 4 heteroatoms. The van der Waals surface area contributed by atoms with Gasteiger partial charge in [-0.15, -0.1) is 0 Å². The van der Waals surface area contributed by atoms with Gasteiger partial charge in [-0.3, -0.25) is 0 Å². The minimum atomic E-state index is -0.946. The van der Waals surface area contributed by atoms with Crippen molar-refractivity contribution in [1.29, 1.82) is 0 Å². The molecule has 0 unspecified atom stereocenters. The van der Waals surface area contributed by atoms with Crippen molar-refractivity contribution in [2.75, 3.05) is 18.5 Å². The minimum Gasteiger partial charge on any atom is -0.478 e. The number of carboxylic acid groups (broad SMARTS) is 1. The Morgan fingerprint density at radius 1 is 1.41 bits per heavy atom. The van der Waals surface area contributed by atoms with E-state index >= 15 is 0 Å². The lowest BCUT2D eigenvalue weighted by atomic mass is 9.94. The fourth-order valence-corrected chi connectivity index (χ4v) is 1.38. The van der Waals surface area contributed by atoms with Gasteiger partial charge in [0.05, 0.1) is 5.56 Å². The van der Waals surface area contributed by atoms with Crippen LogP contribution in [0.1, 0.15) is 29.8 Å². The number of carbonyl (C=O) groups is 1. The van der Waals surface area contributed by atoms with Crippen LogP contribution < -0.4 is 5.32 Å². The Kier molecular flexibility index (Phi) is 4.12. The molecule has 0 amide bonds. The molecule has 94 valence electrons. The van der Waals surface area contributed by atoms with Gasteiger partial charge in [0.2, 0.25) is 0 Å². The Balaban J connectivity index is 2.88. The van der Waals surface area contributed by atoms with Gasteiger partial charge in [0, 0.05) is 24.3 Å². The van der Waals surface area contributed by atoms with Crippen molar-refractivity contribution in [3.8, 4) is 0 Å². The van der Waals surface area contributed by atoms with Crippen molar-refractivity contribution in [3.05, 3.63) is 29.3 Å². The first-order valence-corrected chi connectivity index (χ1v) is 5.54. The van der Waals surface area contributed by atoms with E-state index in [4.69, 9.17) is 10.2 Å². The molecule has 0 fully saturated rings. The summed E-state index contributed by atoms with van der Waals surface area (Å²) in [5.74, 6) is -0.946. The molecule has 0 saturated heterocycles. The Labute approximate surface area is 101 Å². The molecule has 0 aliphatic heterocycles. The number of aliphatic hydroxyl groups excluding tert-OH is 1. The van der Waals surface area contributed by atoms with E-state index in [2.05, 4.69) is 5.32 Å². The van der Waals surface area contributed by atoms with Gasteiger partial charge in [-0.05, 0) is 19.1 Å². The fourth-order valence-electron chi connectivity index (χ4n) is 1.38. The number of aromatic carboxylic acids is 1. The van der Waals surface area contributed by atoms with Crippen LogP contribution in [0.5, 0.6) is 0 Å². The van der Waals surface area contributed by atoms with Crippen LogP contribution in [0.25, 0.3) is 0 Å². The predicted molar refractivity (Wildman–Crippen MR) is 67.5 cm³/mol. The molecule has 1 aromatic rings. The highest BCUT2D eigenvalue weighted by molar-refractivity contribution is 5.94. The second-order valence-corrected chi connectivity index (χ2v) is 5.03. The minimum absolute atomic E-state index is 0.0499. The van der Waals surface area contributed by atoms with Crippen LogP contribution >= 0.6 is 0 Å². The normalized spacial score (nSPS) is 11.3. The van der Waals surface area contributed by atoms with E-state index in [1.54, 1.807) is 12.1 Å². The third-order valence-corrected chi connectivity index (χ3v) is 2.59. The maximum atomic E-state index is 11.1. The van der Waals surface area contributed by atoms with Gasteiger partial charge in [-0.25, -0.2) is 4.79 Å². The summed E-state index contributed by atoms with van der Waals surface area (Å²) in [5, 5.41) is 21.3. The van der Waals surface area contributed by atoms with Crippen molar-refractivity contribution in [2.24, 2.45) is 5.41 Å². The van der Waals surface area contributed by atoms with E-state index in [1.165, 1.54) is 0 Å². The Morgan fingerprint density at radius 3 is 2.59 bits per heavy atom. The lowest BCUT2D eigenvalue weighted by Gasteiger charge is -2.23. The molecule has 0 radical (unpaired) electrons. The Bertz CT molecular complexity index is 413. The number of benzene rings is 1. The van der Waals surface area contributed by atoms with Crippen LogP contribution in [0.3, 0.4) is 0 Å². The first-order valence-electron chi connectivity index (χ1n) is 5.54. The quantitative estimate of drug-likeness (QED) is 0.733. The van der Waals surface area contributed by atoms with E-state index in [1.807, 2.05) is 26.8 Å². The summed E-state index contributed by atoms with van der Waals surface area (Å²) in [5.41, 5.74) is 1.48. The number of carboxylic acids is 1. The van der Waals surface area contributed by atoms with Crippen LogP contribution in [0, 0.1) is 12.3 Å². The molecule has 3 N–H and O–H groups in total. The van der Waals surface area contributed by atoms with E-state index < -0.39 is 5.97 Å². The maximum Gasteiger partial charge on any atom is 0.337 e. The zero-order valence-electron chi connectivity index (χ0n) is 10.4. The number of aliphatic hydroxyl groups is 1. The molecule has 0 aliphatic carbocycles. The average molecular weight is 237 g/mol. The number of anilines is 1. The molecular weight excluding hydrogens is 218 g/mol. The zero-order chi connectivity index (χ0) is 13.1. The van der Waals surface area contributed by atoms with E-state index in [0.717, 1.165) is 5.56 Å². The second-order valence-electron chi connectivity index (χ2n) is 5.03. The third-order valence-electron chi connectivity index (χ3n) is 2.59. The molecule has 0 atom stereocenters. The monoisotopic (exact) mass is 237 g/mol.